The smallest absolute Gasteiger partial charge is 0.191 e. The quantitative estimate of drug-likeness (QED) is 0.506. The number of thiocarbonyl (C=S) groups is 1. The van der Waals surface area contributed by atoms with E-state index in [0.717, 1.165) is 11.4 Å². The van der Waals surface area contributed by atoms with E-state index in [1.165, 1.54) is 32.1 Å². The average molecular weight is 291 g/mol. The maximum atomic E-state index is 5.21. The average Bonchev–Trinajstić information content (AvgIpc) is 2.48. The number of rotatable bonds is 4. The molecule has 0 aromatic heterocycles. The number of nitrogens with one attached hydrogen (secondary N) is 2. The summed E-state index contributed by atoms with van der Waals surface area (Å²) < 4.78 is 5.16. The molecule has 1 fully saturated rings. The van der Waals surface area contributed by atoms with Crippen molar-refractivity contribution in [1.82, 2.24) is 5.43 Å². The minimum absolute atomic E-state index is 0.491. The van der Waals surface area contributed by atoms with Crippen molar-refractivity contribution in [2.45, 2.75) is 32.1 Å². The second kappa shape index (κ2) is 7.85. The standard InChI is InChI=1S/C15H21N3OS/c1-19-14-9-5-8-13(10-14)17-15(20)18-16-11-12-6-3-2-4-7-12/h5,8-12H,2-4,6-7H2,1H3,(H2,17,18,20)/b16-11+. The van der Waals surface area contributed by atoms with Crippen LogP contribution < -0.4 is 15.5 Å². The number of anilines is 1. The number of hydrazone groups is 1. The zero-order chi connectivity index (χ0) is 14.2. The SMILES string of the molecule is COc1cccc(NC(=S)N/N=C/C2CCCCC2)c1. The summed E-state index contributed by atoms with van der Waals surface area (Å²) in [5, 5.41) is 7.80. The van der Waals surface area contributed by atoms with Crippen molar-refractivity contribution in [2.24, 2.45) is 11.0 Å². The van der Waals surface area contributed by atoms with Gasteiger partial charge in [-0.25, -0.2) is 0 Å². The fraction of sp³-hybridized carbons (Fsp3) is 0.467. The molecule has 1 aromatic rings. The van der Waals surface area contributed by atoms with Crippen LogP contribution in [0.3, 0.4) is 0 Å². The maximum absolute atomic E-state index is 5.21. The van der Waals surface area contributed by atoms with Gasteiger partial charge in [-0.1, -0.05) is 25.3 Å². The van der Waals surface area contributed by atoms with Gasteiger partial charge in [0.1, 0.15) is 5.75 Å². The number of nitrogens with zero attached hydrogens (tertiary/aromatic N) is 1. The van der Waals surface area contributed by atoms with Crippen LogP contribution in [0.2, 0.25) is 0 Å². The molecule has 0 spiro atoms. The second-order valence-electron chi connectivity index (χ2n) is 4.97. The number of benzene rings is 1. The minimum Gasteiger partial charge on any atom is -0.497 e. The van der Waals surface area contributed by atoms with E-state index in [2.05, 4.69) is 15.8 Å². The summed E-state index contributed by atoms with van der Waals surface area (Å²) in [5.74, 6) is 1.39. The number of hydrogen-bond acceptors (Lipinski definition) is 3. The summed E-state index contributed by atoms with van der Waals surface area (Å²) in [6.07, 6.45) is 8.43. The third-order valence-corrected chi connectivity index (χ3v) is 3.62. The van der Waals surface area contributed by atoms with Crippen molar-refractivity contribution in [3.8, 4) is 5.75 Å². The third kappa shape index (κ3) is 4.81. The van der Waals surface area contributed by atoms with E-state index in [0.29, 0.717) is 11.0 Å². The molecule has 0 unspecified atom stereocenters. The Bertz CT molecular complexity index is 470. The lowest BCUT2D eigenvalue weighted by Gasteiger charge is -2.17. The van der Waals surface area contributed by atoms with E-state index in [1.54, 1.807) is 7.11 Å². The summed E-state index contributed by atoms with van der Waals surface area (Å²) in [4.78, 5) is 0. The molecule has 1 saturated carbocycles. The molecule has 108 valence electrons. The highest BCUT2D eigenvalue weighted by atomic mass is 32.1. The molecule has 0 saturated heterocycles. The van der Waals surface area contributed by atoms with Gasteiger partial charge in [-0.2, -0.15) is 5.10 Å². The largest absolute Gasteiger partial charge is 0.497 e. The first-order valence-corrected chi connectivity index (χ1v) is 7.43. The molecular weight excluding hydrogens is 270 g/mol. The van der Waals surface area contributed by atoms with Gasteiger partial charge in [0, 0.05) is 18.0 Å². The van der Waals surface area contributed by atoms with Crippen molar-refractivity contribution < 1.29 is 4.74 Å². The van der Waals surface area contributed by atoms with E-state index in [1.807, 2.05) is 30.5 Å². The van der Waals surface area contributed by atoms with Crippen LogP contribution >= 0.6 is 12.2 Å². The summed E-state index contributed by atoms with van der Waals surface area (Å²) in [5.41, 5.74) is 3.75. The first-order chi connectivity index (χ1) is 9.78. The number of ether oxygens (including phenoxy) is 1. The zero-order valence-corrected chi connectivity index (χ0v) is 12.6. The lowest BCUT2D eigenvalue weighted by Crippen LogP contribution is -2.24. The molecule has 0 amide bonds. The van der Waals surface area contributed by atoms with Crippen molar-refractivity contribution >= 4 is 29.2 Å². The Labute approximate surface area is 125 Å². The van der Waals surface area contributed by atoms with Gasteiger partial charge >= 0.3 is 0 Å². The summed E-state index contributed by atoms with van der Waals surface area (Å²) in [6, 6.07) is 7.62. The Kier molecular flexibility index (Phi) is 5.80. The molecule has 1 aliphatic rings. The van der Waals surface area contributed by atoms with Gasteiger partial charge in [0.25, 0.3) is 0 Å². The summed E-state index contributed by atoms with van der Waals surface area (Å²) >= 11 is 5.21. The van der Waals surface area contributed by atoms with E-state index in [4.69, 9.17) is 17.0 Å². The highest BCUT2D eigenvalue weighted by molar-refractivity contribution is 7.80. The molecule has 2 N–H and O–H groups in total. The fourth-order valence-corrected chi connectivity index (χ4v) is 2.51. The van der Waals surface area contributed by atoms with E-state index in [-0.39, 0.29) is 0 Å². The van der Waals surface area contributed by atoms with E-state index in [9.17, 15) is 0 Å². The van der Waals surface area contributed by atoms with Crippen molar-refractivity contribution in [1.29, 1.82) is 0 Å². The van der Waals surface area contributed by atoms with Crippen molar-refractivity contribution in [3.63, 3.8) is 0 Å². The van der Waals surface area contributed by atoms with Gasteiger partial charge in [0.05, 0.1) is 7.11 Å². The van der Waals surface area contributed by atoms with Crippen LogP contribution in [0.5, 0.6) is 5.75 Å². The lowest BCUT2D eigenvalue weighted by molar-refractivity contribution is 0.415. The maximum Gasteiger partial charge on any atom is 0.191 e. The minimum atomic E-state index is 0.491. The first-order valence-electron chi connectivity index (χ1n) is 7.02. The van der Waals surface area contributed by atoms with Crippen LogP contribution in [-0.4, -0.2) is 18.4 Å². The highest BCUT2D eigenvalue weighted by Crippen LogP contribution is 2.21. The molecule has 0 aliphatic heterocycles. The molecule has 2 rings (SSSR count). The van der Waals surface area contributed by atoms with Crippen molar-refractivity contribution in [2.75, 3.05) is 12.4 Å². The Morgan fingerprint density at radius 2 is 2.15 bits per heavy atom. The molecule has 0 heterocycles. The fourth-order valence-electron chi connectivity index (χ4n) is 2.34. The highest BCUT2D eigenvalue weighted by Gasteiger charge is 2.10. The molecule has 0 bridgehead atoms. The van der Waals surface area contributed by atoms with Gasteiger partial charge < -0.3 is 10.1 Å². The van der Waals surface area contributed by atoms with Crippen LogP contribution in [-0.2, 0) is 0 Å². The van der Waals surface area contributed by atoms with Gasteiger partial charge in [-0.05, 0) is 43.1 Å². The van der Waals surface area contributed by atoms with Crippen LogP contribution in [0.15, 0.2) is 29.4 Å². The molecule has 1 aliphatic carbocycles. The Morgan fingerprint density at radius 3 is 2.90 bits per heavy atom. The van der Waals surface area contributed by atoms with Crippen LogP contribution in [0.1, 0.15) is 32.1 Å². The van der Waals surface area contributed by atoms with E-state index >= 15 is 0 Å². The molecule has 20 heavy (non-hydrogen) atoms. The molecular formula is C15H21N3OS. The van der Waals surface area contributed by atoms with Crippen LogP contribution in [0.4, 0.5) is 5.69 Å². The summed E-state index contributed by atoms with van der Waals surface area (Å²) in [6.45, 7) is 0. The Morgan fingerprint density at radius 1 is 1.35 bits per heavy atom. The van der Waals surface area contributed by atoms with Gasteiger partial charge in [0.15, 0.2) is 5.11 Å². The third-order valence-electron chi connectivity index (χ3n) is 3.43. The predicted octanol–water partition coefficient (Wildman–Crippen LogP) is 3.55. The normalized spacial score (nSPS) is 16.1. The second-order valence-corrected chi connectivity index (χ2v) is 5.38. The topological polar surface area (TPSA) is 45.6 Å². The monoisotopic (exact) mass is 291 g/mol. The first kappa shape index (κ1) is 14.8. The van der Waals surface area contributed by atoms with Crippen LogP contribution in [0, 0.1) is 5.92 Å². The lowest BCUT2D eigenvalue weighted by atomic mass is 9.90. The molecule has 5 heteroatoms. The van der Waals surface area contributed by atoms with Gasteiger partial charge in [0.2, 0.25) is 0 Å². The Hall–Kier alpha value is -1.62. The van der Waals surface area contributed by atoms with Gasteiger partial charge in [-0.3, -0.25) is 5.43 Å². The van der Waals surface area contributed by atoms with Crippen molar-refractivity contribution in [3.05, 3.63) is 24.3 Å². The molecule has 0 atom stereocenters. The zero-order valence-electron chi connectivity index (χ0n) is 11.8. The Balaban J connectivity index is 1.78. The van der Waals surface area contributed by atoms with Crippen LogP contribution in [0.25, 0.3) is 0 Å². The predicted molar refractivity (Wildman–Crippen MR) is 87.4 cm³/mol. The van der Waals surface area contributed by atoms with Gasteiger partial charge in [-0.15, -0.1) is 0 Å². The van der Waals surface area contributed by atoms with E-state index < -0.39 is 0 Å². The summed E-state index contributed by atoms with van der Waals surface area (Å²) in [7, 11) is 1.64. The molecule has 1 aromatic carbocycles. The molecule has 0 radical (unpaired) electrons. The number of methoxy groups -OCH3 is 1. The molecule has 4 nitrogen and oxygen atoms in total. The number of hydrogen-bond donors (Lipinski definition) is 2.